The Labute approximate surface area is 118 Å². The quantitative estimate of drug-likeness (QED) is 0.747. The third kappa shape index (κ3) is 5.14. The number of benzene rings is 1. The van der Waals surface area contributed by atoms with Crippen molar-refractivity contribution >= 4 is 12.0 Å². The molecule has 0 radical (unpaired) electrons. The molecule has 1 rings (SSSR count). The summed E-state index contributed by atoms with van der Waals surface area (Å²) < 4.78 is 0. The molecule has 1 aromatic carbocycles. The number of nitrogens with one attached hydrogen (secondary N) is 1. The zero-order valence-electron chi connectivity index (χ0n) is 11.6. The van der Waals surface area contributed by atoms with Gasteiger partial charge in [0, 0.05) is 13.6 Å². The van der Waals surface area contributed by atoms with Crippen LogP contribution in [0, 0.1) is 0 Å². The van der Waals surface area contributed by atoms with Gasteiger partial charge in [-0.2, -0.15) is 0 Å². The Bertz CT molecular complexity index is 459. The summed E-state index contributed by atoms with van der Waals surface area (Å²) in [6.45, 7) is 4.01. The second kappa shape index (κ2) is 7.99. The summed E-state index contributed by atoms with van der Waals surface area (Å²) in [7, 11) is 1.64. The molecule has 5 nitrogen and oxygen atoms in total. The molecule has 0 bridgehead atoms. The molecule has 0 aliphatic heterocycles. The standard InChI is InChI=1S/C15H20N2O3/c1-3-7-13(14(18)19)16-15(20)17(2)11-10-12-8-5-4-6-9-12/h3-6,8-9,13H,1,7,10-11H2,2H3,(H,16,20)(H,18,19). The van der Waals surface area contributed by atoms with E-state index in [4.69, 9.17) is 5.11 Å². The molecule has 1 unspecified atom stereocenters. The third-order valence-electron chi connectivity index (χ3n) is 2.92. The number of nitrogens with zero attached hydrogens (tertiary/aromatic N) is 1. The Morgan fingerprint density at radius 3 is 2.60 bits per heavy atom. The molecular formula is C15H20N2O3. The number of carboxylic acid groups (broad SMARTS) is 1. The van der Waals surface area contributed by atoms with Gasteiger partial charge >= 0.3 is 12.0 Å². The molecule has 0 aromatic heterocycles. The molecular weight excluding hydrogens is 256 g/mol. The molecule has 0 fully saturated rings. The summed E-state index contributed by atoms with van der Waals surface area (Å²) in [5, 5.41) is 11.4. The van der Waals surface area contributed by atoms with Crippen molar-refractivity contribution < 1.29 is 14.7 Å². The molecule has 1 atom stereocenters. The van der Waals surface area contributed by atoms with Crippen molar-refractivity contribution in [2.45, 2.75) is 18.9 Å². The van der Waals surface area contributed by atoms with E-state index in [2.05, 4.69) is 11.9 Å². The highest BCUT2D eigenvalue weighted by atomic mass is 16.4. The molecule has 5 heteroatoms. The first-order chi connectivity index (χ1) is 9.54. The van der Waals surface area contributed by atoms with Crippen LogP contribution < -0.4 is 5.32 Å². The van der Waals surface area contributed by atoms with Crippen molar-refractivity contribution in [3.05, 3.63) is 48.6 Å². The number of amides is 2. The maximum absolute atomic E-state index is 11.9. The SMILES string of the molecule is C=CCC(NC(=O)N(C)CCc1ccccc1)C(=O)O. The van der Waals surface area contributed by atoms with E-state index in [9.17, 15) is 9.59 Å². The lowest BCUT2D eigenvalue weighted by molar-refractivity contribution is -0.139. The molecule has 2 amide bonds. The van der Waals surface area contributed by atoms with Gasteiger partial charge in [-0.3, -0.25) is 0 Å². The number of urea groups is 1. The summed E-state index contributed by atoms with van der Waals surface area (Å²) in [5.41, 5.74) is 1.13. The van der Waals surface area contributed by atoms with Crippen molar-refractivity contribution in [3.63, 3.8) is 0 Å². The molecule has 20 heavy (non-hydrogen) atoms. The van der Waals surface area contributed by atoms with Gasteiger partial charge in [0.2, 0.25) is 0 Å². The first-order valence-electron chi connectivity index (χ1n) is 6.44. The summed E-state index contributed by atoms with van der Waals surface area (Å²) in [6.07, 6.45) is 2.40. The maximum Gasteiger partial charge on any atom is 0.326 e. The molecule has 1 aromatic rings. The average molecular weight is 276 g/mol. The van der Waals surface area contributed by atoms with Crippen LogP contribution in [-0.4, -0.2) is 41.6 Å². The fourth-order valence-corrected chi connectivity index (χ4v) is 1.69. The van der Waals surface area contributed by atoms with E-state index in [-0.39, 0.29) is 6.42 Å². The largest absolute Gasteiger partial charge is 0.480 e. The number of hydrogen-bond donors (Lipinski definition) is 2. The fourth-order valence-electron chi connectivity index (χ4n) is 1.69. The zero-order valence-corrected chi connectivity index (χ0v) is 11.6. The normalized spacial score (nSPS) is 11.4. The van der Waals surface area contributed by atoms with Crippen LogP contribution in [-0.2, 0) is 11.2 Å². The van der Waals surface area contributed by atoms with E-state index >= 15 is 0 Å². The van der Waals surface area contributed by atoms with Crippen molar-refractivity contribution in [1.82, 2.24) is 10.2 Å². The minimum absolute atomic E-state index is 0.202. The van der Waals surface area contributed by atoms with Crippen molar-refractivity contribution in [2.75, 3.05) is 13.6 Å². The highest BCUT2D eigenvalue weighted by Crippen LogP contribution is 2.01. The molecule has 2 N–H and O–H groups in total. The number of rotatable bonds is 7. The van der Waals surface area contributed by atoms with Crippen molar-refractivity contribution in [1.29, 1.82) is 0 Å². The predicted molar refractivity (Wildman–Crippen MR) is 77.5 cm³/mol. The van der Waals surface area contributed by atoms with Gasteiger partial charge in [-0.1, -0.05) is 36.4 Å². The van der Waals surface area contributed by atoms with Crippen LogP contribution in [0.4, 0.5) is 4.79 Å². The highest BCUT2D eigenvalue weighted by molar-refractivity contribution is 5.82. The maximum atomic E-state index is 11.9. The van der Waals surface area contributed by atoms with Gasteiger partial charge in [0.05, 0.1) is 0 Å². The van der Waals surface area contributed by atoms with E-state index < -0.39 is 18.0 Å². The van der Waals surface area contributed by atoms with Gasteiger partial charge < -0.3 is 15.3 Å². The smallest absolute Gasteiger partial charge is 0.326 e. The lowest BCUT2D eigenvalue weighted by Gasteiger charge is -2.20. The van der Waals surface area contributed by atoms with Gasteiger partial charge in [0.15, 0.2) is 0 Å². The number of aliphatic carboxylic acids is 1. The number of carboxylic acids is 1. The average Bonchev–Trinajstić information content (AvgIpc) is 2.45. The van der Waals surface area contributed by atoms with Gasteiger partial charge in [-0.05, 0) is 18.4 Å². The van der Waals surface area contributed by atoms with Crippen LogP contribution in [0.1, 0.15) is 12.0 Å². The Hall–Kier alpha value is -2.30. The van der Waals surface area contributed by atoms with Crippen LogP contribution in [0.25, 0.3) is 0 Å². The highest BCUT2D eigenvalue weighted by Gasteiger charge is 2.20. The van der Waals surface area contributed by atoms with Crippen LogP contribution in [0.3, 0.4) is 0 Å². The zero-order chi connectivity index (χ0) is 15.0. The summed E-state index contributed by atoms with van der Waals surface area (Å²) in [4.78, 5) is 24.3. The number of carbonyl (C=O) groups excluding carboxylic acids is 1. The topological polar surface area (TPSA) is 69.6 Å². The lowest BCUT2D eigenvalue weighted by atomic mass is 10.1. The molecule has 108 valence electrons. The Kier molecular flexibility index (Phi) is 6.29. The van der Waals surface area contributed by atoms with Gasteiger partial charge in [0.25, 0.3) is 0 Å². The predicted octanol–water partition coefficient (Wildman–Crippen LogP) is 1.90. The van der Waals surface area contributed by atoms with Gasteiger partial charge in [-0.25, -0.2) is 9.59 Å². The lowest BCUT2D eigenvalue weighted by Crippen LogP contribution is -2.46. The van der Waals surface area contributed by atoms with E-state index in [0.29, 0.717) is 6.54 Å². The molecule has 0 spiro atoms. The summed E-state index contributed by atoms with van der Waals surface area (Å²) in [6, 6.07) is 8.48. The number of likely N-dealkylation sites (N-methyl/N-ethyl adjacent to an activating group) is 1. The van der Waals surface area contributed by atoms with Crippen LogP contribution in [0.5, 0.6) is 0 Å². The first-order valence-corrected chi connectivity index (χ1v) is 6.44. The van der Waals surface area contributed by atoms with Gasteiger partial charge in [-0.15, -0.1) is 6.58 Å². The minimum atomic E-state index is -1.06. The monoisotopic (exact) mass is 276 g/mol. The first kappa shape index (κ1) is 15.8. The Morgan fingerprint density at radius 1 is 1.40 bits per heavy atom. The molecule has 0 heterocycles. The number of hydrogen-bond acceptors (Lipinski definition) is 2. The second-order valence-corrected chi connectivity index (χ2v) is 4.52. The van der Waals surface area contributed by atoms with Gasteiger partial charge in [0.1, 0.15) is 6.04 Å². The Balaban J connectivity index is 2.46. The van der Waals surface area contributed by atoms with E-state index in [0.717, 1.165) is 12.0 Å². The molecule has 0 saturated carbocycles. The third-order valence-corrected chi connectivity index (χ3v) is 2.92. The van der Waals surface area contributed by atoms with E-state index in [1.807, 2.05) is 30.3 Å². The van der Waals surface area contributed by atoms with Crippen molar-refractivity contribution in [3.8, 4) is 0 Å². The van der Waals surface area contributed by atoms with Crippen molar-refractivity contribution in [2.24, 2.45) is 0 Å². The molecule has 0 aliphatic carbocycles. The van der Waals surface area contributed by atoms with E-state index in [1.54, 1.807) is 7.05 Å². The van der Waals surface area contributed by atoms with Crippen LogP contribution >= 0.6 is 0 Å². The fraction of sp³-hybridized carbons (Fsp3) is 0.333. The van der Waals surface area contributed by atoms with Crippen LogP contribution in [0.2, 0.25) is 0 Å². The molecule has 0 aliphatic rings. The molecule has 0 saturated heterocycles. The Morgan fingerprint density at radius 2 is 2.05 bits per heavy atom. The van der Waals surface area contributed by atoms with Crippen LogP contribution in [0.15, 0.2) is 43.0 Å². The second-order valence-electron chi connectivity index (χ2n) is 4.52. The number of carbonyl (C=O) groups is 2. The van der Waals surface area contributed by atoms with E-state index in [1.165, 1.54) is 11.0 Å². The minimum Gasteiger partial charge on any atom is -0.480 e. The summed E-state index contributed by atoms with van der Waals surface area (Å²) >= 11 is 0. The summed E-state index contributed by atoms with van der Waals surface area (Å²) in [5.74, 6) is -1.06.